The lowest BCUT2D eigenvalue weighted by Crippen LogP contribution is -2.13. The van der Waals surface area contributed by atoms with Crippen molar-refractivity contribution in [2.45, 2.75) is 0 Å². The van der Waals surface area contributed by atoms with Crippen LogP contribution in [0.25, 0.3) is 0 Å². The lowest BCUT2D eigenvalue weighted by Gasteiger charge is -2.07. The molecule has 0 saturated carbocycles. The van der Waals surface area contributed by atoms with Crippen molar-refractivity contribution in [3.05, 3.63) is 65.0 Å². The van der Waals surface area contributed by atoms with Crippen molar-refractivity contribution in [2.75, 3.05) is 6.61 Å². The first-order valence-corrected chi connectivity index (χ1v) is 5.82. The Hall–Kier alpha value is -2.81. The van der Waals surface area contributed by atoms with Gasteiger partial charge in [-0.25, -0.2) is 13.2 Å². The predicted molar refractivity (Wildman–Crippen MR) is 67.3 cm³/mol. The first-order valence-electron chi connectivity index (χ1n) is 5.82. The van der Waals surface area contributed by atoms with Crippen LogP contribution in [-0.2, 0) is 0 Å². The van der Waals surface area contributed by atoms with E-state index < -0.39 is 35.4 Å². The molecule has 0 aliphatic carbocycles. The van der Waals surface area contributed by atoms with Gasteiger partial charge in [0.25, 0.3) is 0 Å². The number of carbonyl (C=O) groups excluding carboxylic acids is 1. The summed E-state index contributed by atoms with van der Waals surface area (Å²) < 4.78 is 44.7. The molecule has 0 aliphatic heterocycles. The summed E-state index contributed by atoms with van der Waals surface area (Å²) in [5.74, 6) is -3.17. The minimum Gasteiger partial charge on any atom is -0.485 e. The normalized spacial score (nSPS) is 10.0. The zero-order valence-corrected chi connectivity index (χ0v) is 10.6. The molecule has 2 rings (SSSR count). The minimum atomic E-state index is -0.865. The topological polar surface area (TPSA) is 50.1 Å². The predicted octanol–water partition coefficient (Wildman–Crippen LogP) is 3.24. The van der Waals surface area contributed by atoms with Crippen LogP contribution < -0.4 is 4.74 Å². The summed E-state index contributed by atoms with van der Waals surface area (Å²) in [6.45, 7) is -0.578. The smallest absolute Gasteiger partial charge is 0.203 e. The Bertz CT molecular complexity index is 738. The third-order valence-electron chi connectivity index (χ3n) is 2.66. The third-order valence-corrected chi connectivity index (χ3v) is 2.66. The first-order chi connectivity index (χ1) is 10.0. The van der Waals surface area contributed by atoms with Crippen molar-refractivity contribution in [3.63, 3.8) is 0 Å². The zero-order valence-electron chi connectivity index (χ0n) is 10.6. The van der Waals surface area contributed by atoms with Gasteiger partial charge < -0.3 is 4.74 Å². The molecular weight excluding hydrogens is 283 g/mol. The molecule has 2 aromatic carbocycles. The summed E-state index contributed by atoms with van der Waals surface area (Å²) in [7, 11) is 0. The van der Waals surface area contributed by atoms with Gasteiger partial charge in [-0.1, -0.05) is 0 Å². The largest absolute Gasteiger partial charge is 0.485 e. The highest BCUT2D eigenvalue weighted by Gasteiger charge is 2.14. The second kappa shape index (κ2) is 6.09. The number of carbonyl (C=O) groups is 1. The van der Waals surface area contributed by atoms with Crippen molar-refractivity contribution in [2.24, 2.45) is 0 Å². The van der Waals surface area contributed by atoms with E-state index in [0.717, 1.165) is 24.3 Å². The second-order valence-corrected chi connectivity index (χ2v) is 4.09. The van der Waals surface area contributed by atoms with Crippen molar-refractivity contribution in [1.82, 2.24) is 0 Å². The molecule has 2 aromatic rings. The molecule has 0 fully saturated rings. The van der Waals surface area contributed by atoms with Crippen molar-refractivity contribution in [3.8, 4) is 11.8 Å². The molecule has 0 heterocycles. The van der Waals surface area contributed by atoms with Gasteiger partial charge in [0, 0.05) is 6.07 Å². The summed E-state index contributed by atoms with van der Waals surface area (Å²) in [5, 5.41) is 8.57. The molecule has 0 unspecified atom stereocenters. The molecule has 3 nitrogen and oxygen atoms in total. The van der Waals surface area contributed by atoms with Crippen LogP contribution in [0.15, 0.2) is 36.4 Å². The van der Waals surface area contributed by atoms with Gasteiger partial charge in [-0.05, 0) is 30.3 Å². The number of ketones is 1. The Balaban J connectivity index is 2.09. The summed E-state index contributed by atoms with van der Waals surface area (Å²) in [6, 6.07) is 7.56. The Labute approximate surface area is 118 Å². The molecule has 0 saturated heterocycles. The van der Waals surface area contributed by atoms with Crippen LogP contribution in [0.5, 0.6) is 5.75 Å². The molecule has 0 atom stereocenters. The Morgan fingerprint density at radius 2 is 1.86 bits per heavy atom. The Morgan fingerprint density at radius 1 is 1.10 bits per heavy atom. The summed E-state index contributed by atoms with van der Waals surface area (Å²) >= 11 is 0. The van der Waals surface area contributed by atoms with Gasteiger partial charge in [0.1, 0.15) is 29.3 Å². The number of nitrogens with zero attached hydrogens (tertiary/aromatic N) is 1. The first kappa shape index (κ1) is 14.6. The highest BCUT2D eigenvalue weighted by Crippen LogP contribution is 2.17. The Morgan fingerprint density at radius 3 is 2.52 bits per heavy atom. The summed E-state index contributed by atoms with van der Waals surface area (Å²) in [6.07, 6.45) is 0. The number of hydrogen-bond acceptors (Lipinski definition) is 3. The number of hydrogen-bond donors (Lipinski definition) is 0. The van der Waals surface area contributed by atoms with Gasteiger partial charge in [0.05, 0.1) is 11.1 Å². The SMILES string of the molecule is N#Cc1ccc(OCC(=O)c2cc(F)ccc2F)cc1F. The molecule has 0 bridgehead atoms. The van der Waals surface area contributed by atoms with Crippen LogP contribution in [0.1, 0.15) is 15.9 Å². The van der Waals surface area contributed by atoms with E-state index in [1.807, 2.05) is 0 Å². The van der Waals surface area contributed by atoms with Crippen LogP contribution in [-0.4, -0.2) is 12.4 Å². The van der Waals surface area contributed by atoms with Gasteiger partial charge in [-0.3, -0.25) is 4.79 Å². The molecule has 6 heteroatoms. The monoisotopic (exact) mass is 291 g/mol. The van der Waals surface area contributed by atoms with Crippen LogP contribution in [0.4, 0.5) is 13.2 Å². The van der Waals surface area contributed by atoms with E-state index in [2.05, 4.69) is 0 Å². The summed E-state index contributed by atoms with van der Waals surface area (Å²) in [4.78, 5) is 11.7. The van der Waals surface area contributed by atoms with Crippen molar-refractivity contribution < 1.29 is 22.7 Å². The number of halogens is 3. The average Bonchev–Trinajstić information content (AvgIpc) is 2.47. The van der Waals surface area contributed by atoms with E-state index in [0.29, 0.717) is 0 Å². The van der Waals surface area contributed by atoms with E-state index in [9.17, 15) is 18.0 Å². The molecule has 0 radical (unpaired) electrons. The van der Waals surface area contributed by atoms with Crippen LogP contribution >= 0.6 is 0 Å². The van der Waals surface area contributed by atoms with Crippen LogP contribution in [0.3, 0.4) is 0 Å². The molecule has 0 N–H and O–H groups in total. The lowest BCUT2D eigenvalue weighted by atomic mass is 10.1. The fourth-order valence-electron chi connectivity index (χ4n) is 1.61. The van der Waals surface area contributed by atoms with E-state index in [1.165, 1.54) is 12.1 Å². The van der Waals surface area contributed by atoms with Gasteiger partial charge in [0.15, 0.2) is 6.61 Å². The second-order valence-electron chi connectivity index (χ2n) is 4.09. The van der Waals surface area contributed by atoms with Crippen molar-refractivity contribution >= 4 is 5.78 Å². The third kappa shape index (κ3) is 3.39. The maximum atomic E-state index is 13.4. The number of nitriles is 1. The van der Waals surface area contributed by atoms with Gasteiger partial charge in [0.2, 0.25) is 5.78 Å². The Kier molecular flexibility index (Phi) is 4.24. The molecule has 0 aromatic heterocycles. The van der Waals surface area contributed by atoms with E-state index in [-0.39, 0.29) is 11.3 Å². The molecule has 0 spiro atoms. The van der Waals surface area contributed by atoms with Gasteiger partial charge in [-0.15, -0.1) is 0 Å². The van der Waals surface area contributed by atoms with Crippen molar-refractivity contribution in [1.29, 1.82) is 5.26 Å². The fourth-order valence-corrected chi connectivity index (χ4v) is 1.61. The van der Waals surface area contributed by atoms with Gasteiger partial charge in [-0.2, -0.15) is 5.26 Å². The molecule has 21 heavy (non-hydrogen) atoms. The minimum absolute atomic E-state index is 0.0108. The van der Waals surface area contributed by atoms with E-state index in [1.54, 1.807) is 6.07 Å². The molecule has 106 valence electrons. The number of ether oxygens (including phenoxy) is 1. The molecular formula is C15H8F3NO2. The fraction of sp³-hybridized carbons (Fsp3) is 0.0667. The number of Topliss-reactive ketones (excluding diaryl/α,β-unsaturated/α-hetero) is 1. The number of rotatable bonds is 4. The van der Waals surface area contributed by atoms with Gasteiger partial charge >= 0.3 is 0 Å². The van der Waals surface area contributed by atoms with E-state index >= 15 is 0 Å². The standard InChI is InChI=1S/C15H8F3NO2/c16-10-2-4-13(17)12(5-10)15(20)8-21-11-3-1-9(7-19)14(18)6-11/h1-6H,8H2. The van der Waals surface area contributed by atoms with E-state index in [4.69, 9.17) is 10.00 Å². The zero-order chi connectivity index (χ0) is 15.4. The number of benzene rings is 2. The highest BCUT2D eigenvalue weighted by molar-refractivity contribution is 5.97. The summed E-state index contributed by atoms with van der Waals surface area (Å²) in [5.41, 5.74) is -0.603. The quantitative estimate of drug-likeness (QED) is 0.813. The lowest BCUT2D eigenvalue weighted by molar-refractivity contribution is 0.0916. The maximum Gasteiger partial charge on any atom is 0.203 e. The van der Waals surface area contributed by atoms with Crippen LogP contribution in [0, 0.1) is 28.8 Å². The van der Waals surface area contributed by atoms with Crippen LogP contribution in [0.2, 0.25) is 0 Å². The molecule has 0 amide bonds. The molecule has 0 aliphatic rings. The highest BCUT2D eigenvalue weighted by atomic mass is 19.1. The maximum absolute atomic E-state index is 13.4. The average molecular weight is 291 g/mol.